The summed E-state index contributed by atoms with van der Waals surface area (Å²) in [5.74, 6) is 2.23. The second-order valence-electron chi connectivity index (χ2n) is 6.53. The van der Waals surface area contributed by atoms with Gasteiger partial charge in [0.15, 0.2) is 11.6 Å². The lowest BCUT2D eigenvalue weighted by Crippen LogP contribution is -2.18. The van der Waals surface area contributed by atoms with E-state index in [2.05, 4.69) is 28.7 Å². The summed E-state index contributed by atoms with van der Waals surface area (Å²) < 4.78 is 7.45. The number of aryl methyl sites for hydroxylation is 1. The summed E-state index contributed by atoms with van der Waals surface area (Å²) in [6, 6.07) is 5.96. The lowest BCUT2D eigenvalue weighted by atomic mass is 10.1. The van der Waals surface area contributed by atoms with Gasteiger partial charge in [0.05, 0.1) is 23.7 Å². The minimum Gasteiger partial charge on any atom is -0.461 e. The van der Waals surface area contributed by atoms with Crippen molar-refractivity contribution in [2.24, 2.45) is 7.05 Å². The molecule has 1 atom stereocenters. The van der Waals surface area contributed by atoms with Gasteiger partial charge < -0.3 is 15.1 Å². The summed E-state index contributed by atoms with van der Waals surface area (Å²) in [6.45, 7) is 4.03. The highest BCUT2D eigenvalue weighted by molar-refractivity contribution is 5.56. The van der Waals surface area contributed by atoms with Gasteiger partial charge in [0.25, 0.3) is 0 Å². The Balaban J connectivity index is 1.76. The average molecular weight is 352 g/mol. The molecule has 2 N–H and O–H groups in total. The van der Waals surface area contributed by atoms with Crippen LogP contribution >= 0.6 is 0 Å². The molecule has 0 bridgehead atoms. The first kappa shape index (κ1) is 16.8. The van der Waals surface area contributed by atoms with Gasteiger partial charge in [0.1, 0.15) is 5.82 Å². The van der Waals surface area contributed by atoms with E-state index in [0.29, 0.717) is 11.6 Å². The number of nitrogens with zero attached hydrogens (tertiary/aromatic N) is 4. The summed E-state index contributed by atoms with van der Waals surface area (Å²) in [7, 11) is 1.97. The maximum atomic E-state index is 5.54. The van der Waals surface area contributed by atoms with E-state index in [1.54, 1.807) is 6.26 Å². The fourth-order valence-corrected chi connectivity index (χ4v) is 3.46. The van der Waals surface area contributed by atoms with Crippen molar-refractivity contribution >= 4 is 5.82 Å². The SMILES string of the molecule is CCC(Nc1nc(-c2ccco2)nc2c1CCNCC2)c1ccnn1C. The summed E-state index contributed by atoms with van der Waals surface area (Å²) in [6.07, 6.45) is 6.23. The van der Waals surface area contributed by atoms with Gasteiger partial charge in [-0.05, 0) is 37.6 Å². The second kappa shape index (κ2) is 7.29. The van der Waals surface area contributed by atoms with Gasteiger partial charge in [-0.15, -0.1) is 0 Å². The summed E-state index contributed by atoms with van der Waals surface area (Å²) in [4.78, 5) is 9.61. The van der Waals surface area contributed by atoms with E-state index in [1.165, 1.54) is 5.56 Å². The molecule has 1 aliphatic rings. The van der Waals surface area contributed by atoms with Crippen molar-refractivity contribution in [2.45, 2.75) is 32.2 Å². The highest BCUT2D eigenvalue weighted by Gasteiger charge is 2.21. The van der Waals surface area contributed by atoms with Crippen LogP contribution in [0.2, 0.25) is 0 Å². The Bertz CT molecular complexity index is 870. The molecule has 0 aromatic carbocycles. The third kappa shape index (κ3) is 3.22. The zero-order valence-electron chi connectivity index (χ0n) is 15.2. The first-order valence-electron chi connectivity index (χ1n) is 9.15. The standard InChI is InChI=1S/C19H24N6O/c1-3-14(16-8-11-21-25(16)2)22-18-13-6-9-20-10-7-15(13)23-19(24-18)17-5-4-12-26-17/h4-5,8,11-12,14,20H,3,6-7,9-10H2,1-2H3,(H,22,23,24). The van der Waals surface area contributed by atoms with Crippen LogP contribution in [0.5, 0.6) is 0 Å². The molecule has 0 amide bonds. The molecular weight excluding hydrogens is 328 g/mol. The maximum absolute atomic E-state index is 5.54. The average Bonchev–Trinajstić information content (AvgIpc) is 3.27. The number of fused-ring (bicyclic) bond motifs is 1. The highest BCUT2D eigenvalue weighted by Crippen LogP contribution is 2.28. The van der Waals surface area contributed by atoms with Crippen LogP contribution in [-0.2, 0) is 19.9 Å². The summed E-state index contributed by atoms with van der Waals surface area (Å²) in [5, 5.41) is 11.4. The Hall–Kier alpha value is -2.67. The number of hydrogen-bond donors (Lipinski definition) is 2. The molecule has 3 aromatic rings. The van der Waals surface area contributed by atoms with Crippen molar-refractivity contribution in [3.8, 4) is 11.6 Å². The van der Waals surface area contributed by atoms with Crippen LogP contribution in [0.1, 0.15) is 36.3 Å². The zero-order chi connectivity index (χ0) is 17.9. The number of anilines is 1. The van der Waals surface area contributed by atoms with Gasteiger partial charge in [-0.3, -0.25) is 4.68 Å². The van der Waals surface area contributed by atoms with Crippen molar-refractivity contribution in [3.05, 3.63) is 47.6 Å². The molecule has 0 fully saturated rings. The molecule has 4 heterocycles. The first-order valence-corrected chi connectivity index (χ1v) is 9.15. The third-order valence-corrected chi connectivity index (χ3v) is 4.86. The van der Waals surface area contributed by atoms with Gasteiger partial charge in [0.2, 0.25) is 0 Å². The Kier molecular flexibility index (Phi) is 4.71. The zero-order valence-corrected chi connectivity index (χ0v) is 15.2. The second-order valence-corrected chi connectivity index (χ2v) is 6.53. The number of nitrogens with one attached hydrogen (secondary N) is 2. The molecule has 7 heteroatoms. The van der Waals surface area contributed by atoms with Crippen molar-refractivity contribution in [1.82, 2.24) is 25.1 Å². The van der Waals surface area contributed by atoms with E-state index < -0.39 is 0 Å². The quantitative estimate of drug-likeness (QED) is 0.735. The molecule has 0 spiro atoms. The summed E-state index contributed by atoms with van der Waals surface area (Å²) >= 11 is 0. The molecule has 0 radical (unpaired) electrons. The van der Waals surface area contributed by atoms with Crippen LogP contribution in [0.3, 0.4) is 0 Å². The van der Waals surface area contributed by atoms with Gasteiger partial charge >= 0.3 is 0 Å². The lowest BCUT2D eigenvalue weighted by Gasteiger charge is -2.21. The van der Waals surface area contributed by atoms with Crippen LogP contribution in [0, 0.1) is 0 Å². The van der Waals surface area contributed by atoms with Crippen LogP contribution in [-0.4, -0.2) is 32.8 Å². The van der Waals surface area contributed by atoms with Crippen molar-refractivity contribution in [2.75, 3.05) is 18.4 Å². The fourth-order valence-electron chi connectivity index (χ4n) is 3.46. The van der Waals surface area contributed by atoms with Crippen LogP contribution in [0.25, 0.3) is 11.6 Å². The number of furan rings is 1. The fraction of sp³-hybridized carbons (Fsp3) is 0.421. The topological polar surface area (TPSA) is 80.8 Å². The molecule has 0 saturated carbocycles. The van der Waals surface area contributed by atoms with Crippen LogP contribution in [0.15, 0.2) is 35.1 Å². The van der Waals surface area contributed by atoms with E-state index in [0.717, 1.165) is 49.6 Å². The largest absolute Gasteiger partial charge is 0.461 e. The van der Waals surface area contributed by atoms with Crippen molar-refractivity contribution < 1.29 is 4.42 Å². The molecule has 4 rings (SSSR count). The number of hydrogen-bond acceptors (Lipinski definition) is 6. The Morgan fingerprint density at radius 3 is 2.88 bits per heavy atom. The number of aromatic nitrogens is 4. The molecule has 7 nitrogen and oxygen atoms in total. The molecule has 1 aliphatic heterocycles. The highest BCUT2D eigenvalue weighted by atomic mass is 16.3. The molecular formula is C19H24N6O. The van der Waals surface area contributed by atoms with E-state index in [-0.39, 0.29) is 6.04 Å². The lowest BCUT2D eigenvalue weighted by molar-refractivity contribution is 0.576. The molecule has 0 aliphatic carbocycles. The molecule has 1 unspecified atom stereocenters. The van der Waals surface area contributed by atoms with E-state index >= 15 is 0 Å². The van der Waals surface area contributed by atoms with E-state index in [9.17, 15) is 0 Å². The Labute approximate surface area is 152 Å². The monoisotopic (exact) mass is 352 g/mol. The van der Waals surface area contributed by atoms with Crippen LogP contribution < -0.4 is 10.6 Å². The Morgan fingerprint density at radius 2 is 2.15 bits per heavy atom. The van der Waals surface area contributed by atoms with Crippen molar-refractivity contribution in [3.63, 3.8) is 0 Å². The normalized spacial score (nSPS) is 15.3. The predicted molar refractivity (Wildman–Crippen MR) is 99.9 cm³/mol. The summed E-state index contributed by atoms with van der Waals surface area (Å²) in [5.41, 5.74) is 3.44. The minimum absolute atomic E-state index is 0.141. The van der Waals surface area contributed by atoms with Gasteiger partial charge in [0, 0.05) is 31.8 Å². The van der Waals surface area contributed by atoms with E-state index in [1.807, 2.05) is 30.1 Å². The molecule has 26 heavy (non-hydrogen) atoms. The van der Waals surface area contributed by atoms with Gasteiger partial charge in [-0.1, -0.05) is 6.92 Å². The minimum atomic E-state index is 0.141. The van der Waals surface area contributed by atoms with Gasteiger partial charge in [-0.2, -0.15) is 5.10 Å². The van der Waals surface area contributed by atoms with Crippen molar-refractivity contribution in [1.29, 1.82) is 0 Å². The molecule has 3 aromatic heterocycles. The molecule has 0 saturated heterocycles. The smallest absolute Gasteiger partial charge is 0.197 e. The maximum Gasteiger partial charge on any atom is 0.197 e. The van der Waals surface area contributed by atoms with Crippen LogP contribution in [0.4, 0.5) is 5.82 Å². The third-order valence-electron chi connectivity index (χ3n) is 4.86. The number of rotatable bonds is 5. The molecule has 136 valence electrons. The van der Waals surface area contributed by atoms with Gasteiger partial charge in [-0.25, -0.2) is 9.97 Å². The van der Waals surface area contributed by atoms with E-state index in [4.69, 9.17) is 14.4 Å². The Morgan fingerprint density at radius 1 is 1.27 bits per heavy atom. The predicted octanol–water partition coefficient (Wildman–Crippen LogP) is 2.72. The first-order chi connectivity index (χ1) is 12.8.